The van der Waals surface area contributed by atoms with E-state index in [0.29, 0.717) is 16.7 Å². The molecule has 0 bridgehead atoms. The fourth-order valence-corrected chi connectivity index (χ4v) is 2.58. The molecule has 1 aliphatic rings. The molecule has 0 aromatic heterocycles. The molecule has 0 atom stereocenters. The molecule has 0 aliphatic heterocycles. The molecule has 0 unspecified atom stereocenters. The smallest absolute Gasteiger partial charge is 0.270 e. The Morgan fingerprint density at radius 3 is 2.74 bits per heavy atom. The minimum atomic E-state index is -0.480. The van der Waals surface area contributed by atoms with Gasteiger partial charge in [0, 0.05) is 24.3 Å². The van der Waals surface area contributed by atoms with Gasteiger partial charge in [-0.2, -0.15) is 0 Å². The van der Waals surface area contributed by atoms with E-state index in [-0.39, 0.29) is 5.69 Å². The minimum Gasteiger partial charge on any atom is -0.359 e. The van der Waals surface area contributed by atoms with Crippen molar-refractivity contribution in [3.8, 4) is 0 Å². The third-order valence-electron chi connectivity index (χ3n) is 3.50. The average Bonchev–Trinajstić information content (AvgIpc) is 3.04. The first-order chi connectivity index (χ1) is 11.0. The van der Waals surface area contributed by atoms with E-state index in [1.165, 1.54) is 37.1 Å². The Balaban J connectivity index is 1.78. The van der Waals surface area contributed by atoms with Crippen LogP contribution >= 0.6 is 12.2 Å². The molecule has 1 aliphatic carbocycles. The van der Waals surface area contributed by atoms with E-state index in [4.69, 9.17) is 12.2 Å². The van der Waals surface area contributed by atoms with Gasteiger partial charge in [0.15, 0.2) is 5.11 Å². The van der Waals surface area contributed by atoms with E-state index in [0.717, 1.165) is 12.8 Å². The van der Waals surface area contributed by atoms with Crippen LogP contribution in [0, 0.1) is 10.1 Å². The summed E-state index contributed by atoms with van der Waals surface area (Å²) in [5.41, 5.74) is 5.64. The van der Waals surface area contributed by atoms with Crippen LogP contribution in [0.3, 0.4) is 0 Å². The van der Waals surface area contributed by atoms with Crippen molar-refractivity contribution < 1.29 is 9.72 Å². The normalized spacial score (nSPS) is 14.6. The predicted molar refractivity (Wildman–Crippen MR) is 91.4 cm³/mol. The third kappa shape index (κ3) is 5.67. The molecule has 0 saturated heterocycles. The molecule has 1 aromatic carbocycles. The molecule has 2 rings (SSSR count). The maximum Gasteiger partial charge on any atom is 0.270 e. The van der Waals surface area contributed by atoms with Crippen molar-refractivity contribution in [3.05, 3.63) is 46.0 Å². The van der Waals surface area contributed by atoms with Gasteiger partial charge in [-0.05, 0) is 36.7 Å². The fourth-order valence-electron chi connectivity index (χ4n) is 2.37. The zero-order valence-electron chi connectivity index (χ0n) is 12.5. The summed E-state index contributed by atoms with van der Waals surface area (Å²) >= 11 is 5.10. The predicted octanol–water partition coefficient (Wildman–Crippen LogP) is 2.05. The van der Waals surface area contributed by atoms with Gasteiger partial charge in [0.1, 0.15) is 0 Å². The summed E-state index contributed by atoms with van der Waals surface area (Å²) < 4.78 is 0. The van der Waals surface area contributed by atoms with Crippen molar-refractivity contribution in [2.75, 3.05) is 0 Å². The first kappa shape index (κ1) is 16.9. The van der Waals surface area contributed by atoms with Crippen LogP contribution in [-0.2, 0) is 4.79 Å². The lowest BCUT2D eigenvalue weighted by atomic mass is 10.2. The number of thiocarbonyl (C=S) groups is 1. The number of benzene rings is 1. The molecular weight excluding hydrogens is 316 g/mol. The van der Waals surface area contributed by atoms with E-state index in [1.807, 2.05) is 0 Å². The Labute approximate surface area is 139 Å². The van der Waals surface area contributed by atoms with Crippen LogP contribution in [0.1, 0.15) is 31.2 Å². The van der Waals surface area contributed by atoms with Gasteiger partial charge in [0.2, 0.25) is 0 Å². The lowest BCUT2D eigenvalue weighted by Gasteiger charge is -2.15. The molecule has 3 N–H and O–H groups in total. The summed E-state index contributed by atoms with van der Waals surface area (Å²) in [5.74, 6) is -0.396. The molecule has 1 fully saturated rings. The van der Waals surface area contributed by atoms with Crippen LogP contribution < -0.4 is 16.2 Å². The van der Waals surface area contributed by atoms with Crippen LogP contribution in [0.2, 0.25) is 0 Å². The van der Waals surface area contributed by atoms with E-state index < -0.39 is 10.8 Å². The summed E-state index contributed by atoms with van der Waals surface area (Å²) in [6.45, 7) is 0. The lowest BCUT2D eigenvalue weighted by Crippen LogP contribution is -2.48. The van der Waals surface area contributed by atoms with Gasteiger partial charge in [-0.25, -0.2) is 0 Å². The van der Waals surface area contributed by atoms with E-state index in [2.05, 4.69) is 16.2 Å². The number of amides is 1. The Morgan fingerprint density at radius 1 is 1.30 bits per heavy atom. The fraction of sp³-hybridized carbons (Fsp3) is 0.333. The quantitative estimate of drug-likeness (QED) is 0.337. The van der Waals surface area contributed by atoms with Gasteiger partial charge in [-0.15, -0.1) is 0 Å². The van der Waals surface area contributed by atoms with Crippen molar-refractivity contribution in [3.63, 3.8) is 0 Å². The number of carbonyl (C=O) groups excluding carboxylic acids is 1. The number of hydrazine groups is 1. The summed E-state index contributed by atoms with van der Waals surface area (Å²) in [6, 6.07) is 6.40. The minimum absolute atomic E-state index is 0.0207. The monoisotopic (exact) mass is 334 g/mol. The summed E-state index contributed by atoms with van der Waals surface area (Å²) in [5, 5.41) is 14.2. The largest absolute Gasteiger partial charge is 0.359 e. The zero-order valence-corrected chi connectivity index (χ0v) is 13.3. The summed E-state index contributed by atoms with van der Waals surface area (Å²) in [6.07, 6.45) is 7.34. The van der Waals surface area contributed by atoms with Crippen molar-refractivity contribution in [1.29, 1.82) is 0 Å². The van der Waals surface area contributed by atoms with Gasteiger partial charge < -0.3 is 5.32 Å². The molecule has 1 amide bonds. The molecule has 8 heteroatoms. The maximum atomic E-state index is 11.7. The van der Waals surface area contributed by atoms with E-state index in [9.17, 15) is 14.9 Å². The van der Waals surface area contributed by atoms with Crippen LogP contribution in [0.5, 0.6) is 0 Å². The number of rotatable bonds is 4. The van der Waals surface area contributed by atoms with Crippen molar-refractivity contribution in [2.24, 2.45) is 0 Å². The highest BCUT2D eigenvalue weighted by Crippen LogP contribution is 2.17. The highest BCUT2D eigenvalue weighted by atomic mass is 32.1. The number of nitro groups is 1. The molecule has 0 spiro atoms. The SMILES string of the molecule is O=C(/C=C/c1cccc([N+](=O)[O-])c1)NNC(=S)NC1CCCC1. The van der Waals surface area contributed by atoms with Gasteiger partial charge >= 0.3 is 0 Å². The molecule has 23 heavy (non-hydrogen) atoms. The van der Waals surface area contributed by atoms with Gasteiger partial charge in [-0.1, -0.05) is 25.0 Å². The average molecular weight is 334 g/mol. The van der Waals surface area contributed by atoms with Crippen molar-refractivity contribution >= 4 is 35.0 Å². The second-order valence-electron chi connectivity index (χ2n) is 5.25. The van der Waals surface area contributed by atoms with Crippen molar-refractivity contribution in [2.45, 2.75) is 31.7 Å². The Hall–Kier alpha value is -2.48. The van der Waals surface area contributed by atoms with Crippen LogP contribution in [0.25, 0.3) is 6.08 Å². The summed E-state index contributed by atoms with van der Waals surface area (Å²) in [4.78, 5) is 21.9. The third-order valence-corrected chi connectivity index (χ3v) is 3.72. The molecule has 122 valence electrons. The molecule has 1 saturated carbocycles. The van der Waals surface area contributed by atoms with Gasteiger partial charge in [-0.3, -0.25) is 25.8 Å². The number of non-ortho nitro benzene ring substituents is 1. The van der Waals surface area contributed by atoms with E-state index in [1.54, 1.807) is 12.1 Å². The Bertz CT molecular complexity index is 627. The first-order valence-corrected chi connectivity index (χ1v) is 7.74. The number of hydrogen-bond donors (Lipinski definition) is 3. The lowest BCUT2D eigenvalue weighted by molar-refractivity contribution is -0.384. The second kappa shape index (κ2) is 8.23. The highest BCUT2D eigenvalue weighted by molar-refractivity contribution is 7.80. The number of nitrogens with zero attached hydrogens (tertiary/aromatic N) is 1. The Kier molecular flexibility index (Phi) is 6.04. The Morgan fingerprint density at radius 2 is 2.04 bits per heavy atom. The molecule has 1 aromatic rings. The van der Waals surface area contributed by atoms with Crippen molar-refractivity contribution in [1.82, 2.24) is 16.2 Å². The maximum absolute atomic E-state index is 11.7. The number of nitro benzene ring substituents is 1. The number of nitrogens with one attached hydrogen (secondary N) is 3. The van der Waals surface area contributed by atoms with Gasteiger partial charge in [0.05, 0.1) is 4.92 Å². The standard InChI is InChI=1S/C15H18N4O3S/c20-14(17-18-15(23)16-12-5-1-2-6-12)9-8-11-4-3-7-13(10-11)19(21)22/h3-4,7-10,12H,1-2,5-6H2,(H,17,20)(H2,16,18,23)/b9-8+. The molecule has 7 nitrogen and oxygen atoms in total. The number of hydrogen-bond acceptors (Lipinski definition) is 4. The molecular formula is C15H18N4O3S. The molecule has 0 radical (unpaired) electrons. The second-order valence-corrected chi connectivity index (χ2v) is 5.66. The van der Waals surface area contributed by atoms with Crippen LogP contribution in [-0.4, -0.2) is 22.0 Å². The first-order valence-electron chi connectivity index (χ1n) is 7.33. The highest BCUT2D eigenvalue weighted by Gasteiger charge is 2.15. The molecule has 0 heterocycles. The summed E-state index contributed by atoms with van der Waals surface area (Å²) in [7, 11) is 0. The van der Waals surface area contributed by atoms with Gasteiger partial charge in [0.25, 0.3) is 11.6 Å². The van der Waals surface area contributed by atoms with Crippen LogP contribution in [0.15, 0.2) is 30.3 Å². The number of carbonyl (C=O) groups is 1. The zero-order chi connectivity index (χ0) is 16.7. The topological polar surface area (TPSA) is 96.3 Å². The van der Waals surface area contributed by atoms with Crippen LogP contribution in [0.4, 0.5) is 5.69 Å². The van der Waals surface area contributed by atoms with E-state index >= 15 is 0 Å².